The van der Waals surface area contributed by atoms with Gasteiger partial charge in [0.05, 0.1) is 0 Å². The molecule has 1 aliphatic carbocycles. The van der Waals surface area contributed by atoms with E-state index in [-0.39, 0.29) is 18.5 Å². The van der Waals surface area contributed by atoms with E-state index in [4.69, 9.17) is 0 Å². The first-order valence-corrected chi connectivity index (χ1v) is 7.90. The number of hydrogen-bond acceptors (Lipinski definition) is 2. The van der Waals surface area contributed by atoms with Crippen molar-refractivity contribution in [2.75, 3.05) is 0 Å². The number of carbonyl (C=O) groups is 2. The second-order valence-electron chi connectivity index (χ2n) is 6.07. The minimum atomic E-state index is -1.02. The average Bonchev–Trinajstić information content (AvgIpc) is 2.50. The van der Waals surface area contributed by atoms with Crippen LogP contribution in [0.15, 0.2) is 30.3 Å². The van der Waals surface area contributed by atoms with Crippen molar-refractivity contribution in [1.29, 1.82) is 0 Å². The Morgan fingerprint density at radius 3 is 2.55 bits per heavy atom. The summed E-state index contributed by atoms with van der Waals surface area (Å²) in [5, 5.41) is 14.8. The summed E-state index contributed by atoms with van der Waals surface area (Å²) in [5.74, 6) is -0.576. The molecule has 0 saturated heterocycles. The highest BCUT2D eigenvalue weighted by Gasteiger charge is 2.25. The SMILES string of the molecule is C[C@H]1CCCC[C@H]1NC(=O)N[C@@H](Cc1ccccc1)C(=O)O. The molecular formula is C17H24N2O3. The Hall–Kier alpha value is -2.04. The smallest absolute Gasteiger partial charge is 0.326 e. The molecule has 120 valence electrons. The lowest BCUT2D eigenvalue weighted by molar-refractivity contribution is -0.139. The van der Waals surface area contributed by atoms with E-state index in [1.165, 1.54) is 6.42 Å². The average molecular weight is 304 g/mol. The Kier molecular flexibility index (Phi) is 5.81. The Balaban J connectivity index is 1.90. The van der Waals surface area contributed by atoms with Gasteiger partial charge < -0.3 is 15.7 Å². The third-order valence-corrected chi connectivity index (χ3v) is 4.31. The number of benzene rings is 1. The first-order valence-electron chi connectivity index (χ1n) is 7.90. The minimum absolute atomic E-state index is 0.139. The van der Waals surface area contributed by atoms with E-state index in [0.717, 1.165) is 24.8 Å². The number of carboxylic acid groups (broad SMARTS) is 1. The molecule has 2 rings (SSSR count). The topological polar surface area (TPSA) is 78.4 Å². The van der Waals surface area contributed by atoms with E-state index in [2.05, 4.69) is 17.6 Å². The lowest BCUT2D eigenvalue weighted by Gasteiger charge is -2.30. The summed E-state index contributed by atoms with van der Waals surface area (Å²) in [6.45, 7) is 2.13. The quantitative estimate of drug-likeness (QED) is 0.782. The van der Waals surface area contributed by atoms with Crippen LogP contribution in [0.2, 0.25) is 0 Å². The van der Waals surface area contributed by atoms with E-state index in [9.17, 15) is 14.7 Å². The molecule has 5 heteroatoms. The summed E-state index contributed by atoms with van der Waals surface area (Å²) < 4.78 is 0. The van der Waals surface area contributed by atoms with Gasteiger partial charge in [0.1, 0.15) is 6.04 Å². The van der Waals surface area contributed by atoms with Crippen LogP contribution >= 0.6 is 0 Å². The van der Waals surface area contributed by atoms with Gasteiger partial charge in [0.2, 0.25) is 0 Å². The summed E-state index contributed by atoms with van der Waals surface area (Å²) >= 11 is 0. The molecule has 1 aromatic rings. The van der Waals surface area contributed by atoms with E-state index in [0.29, 0.717) is 5.92 Å². The summed E-state index contributed by atoms with van der Waals surface area (Å²) in [5.41, 5.74) is 0.890. The van der Waals surface area contributed by atoms with Gasteiger partial charge in [-0.25, -0.2) is 9.59 Å². The highest BCUT2D eigenvalue weighted by atomic mass is 16.4. The van der Waals surface area contributed by atoms with Crippen molar-refractivity contribution in [3.05, 3.63) is 35.9 Å². The molecule has 3 atom stereocenters. The van der Waals surface area contributed by atoms with E-state index < -0.39 is 12.0 Å². The van der Waals surface area contributed by atoms with Crippen molar-refractivity contribution in [2.24, 2.45) is 5.92 Å². The first kappa shape index (κ1) is 16.3. The number of aliphatic carboxylic acids is 1. The molecule has 0 spiro atoms. The van der Waals surface area contributed by atoms with Crippen molar-refractivity contribution < 1.29 is 14.7 Å². The van der Waals surface area contributed by atoms with Crippen LogP contribution in [0.4, 0.5) is 4.79 Å². The molecule has 2 amide bonds. The van der Waals surface area contributed by atoms with Crippen molar-refractivity contribution in [3.8, 4) is 0 Å². The maximum absolute atomic E-state index is 12.1. The van der Waals surface area contributed by atoms with E-state index >= 15 is 0 Å². The number of urea groups is 1. The summed E-state index contributed by atoms with van der Waals surface area (Å²) in [4.78, 5) is 23.4. The summed E-state index contributed by atoms with van der Waals surface area (Å²) in [6.07, 6.45) is 4.67. The molecule has 0 radical (unpaired) electrons. The number of hydrogen-bond donors (Lipinski definition) is 3. The van der Waals surface area contributed by atoms with Crippen molar-refractivity contribution in [3.63, 3.8) is 0 Å². The van der Waals surface area contributed by atoms with Crippen molar-refractivity contribution in [1.82, 2.24) is 10.6 Å². The predicted molar refractivity (Wildman–Crippen MR) is 84.7 cm³/mol. The van der Waals surface area contributed by atoms with E-state index in [1.54, 1.807) is 0 Å². The van der Waals surface area contributed by atoms with E-state index in [1.807, 2.05) is 30.3 Å². The Labute approximate surface area is 131 Å². The maximum atomic E-state index is 12.1. The fraction of sp³-hybridized carbons (Fsp3) is 0.529. The lowest BCUT2D eigenvalue weighted by Crippen LogP contribution is -2.51. The van der Waals surface area contributed by atoms with Crippen LogP contribution in [0.25, 0.3) is 0 Å². The van der Waals surface area contributed by atoms with Gasteiger partial charge in [-0.05, 0) is 24.3 Å². The zero-order valence-electron chi connectivity index (χ0n) is 12.9. The lowest BCUT2D eigenvalue weighted by atomic mass is 9.86. The van der Waals surface area contributed by atoms with Gasteiger partial charge in [0, 0.05) is 12.5 Å². The highest BCUT2D eigenvalue weighted by molar-refractivity contribution is 5.82. The molecule has 0 aliphatic heterocycles. The van der Waals surface area contributed by atoms with Gasteiger partial charge in [0.15, 0.2) is 0 Å². The number of carbonyl (C=O) groups excluding carboxylic acids is 1. The minimum Gasteiger partial charge on any atom is -0.480 e. The molecule has 0 heterocycles. The van der Waals surface area contributed by atoms with Crippen LogP contribution in [0, 0.1) is 5.92 Å². The summed E-state index contributed by atoms with van der Waals surface area (Å²) in [6, 6.07) is 8.15. The molecule has 1 aromatic carbocycles. The molecule has 0 aromatic heterocycles. The summed E-state index contributed by atoms with van der Waals surface area (Å²) in [7, 11) is 0. The fourth-order valence-electron chi connectivity index (χ4n) is 2.95. The molecular weight excluding hydrogens is 280 g/mol. The predicted octanol–water partition coefficient (Wildman–Crippen LogP) is 2.56. The van der Waals surface area contributed by atoms with Gasteiger partial charge >= 0.3 is 12.0 Å². The molecule has 22 heavy (non-hydrogen) atoms. The molecule has 1 aliphatic rings. The standard InChI is InChI=1S/C17H24N2O3/c1-12-7-5-6-10-14(12)18-17(22)19-15(16(20)21)11-13-8-3-2-4-9-13/h2-4,8-9,12,14-15H,5-7,10-11H2,1H3,(H,20,21)(H2,18,19,22)/t12-,14+,15-/m0/s1. The Morgan fingerprint density at radius 1 is 1.23 bits per heavy atom. The van der Waals surface area contributed by atoms with Crippen LogP contribution in [-0.4, -0.2) is 29.2 Å². The number of amides is 2. The van der Waals surface area contributed by atoms with Crippen LogP contribution in [-0.2, 0) is 11.2 Å². The van der Waals surface area contributed by atoms with Gasteiger partial charge in [-0.15, -0.1) is 0 Å². The third kappa shape index (κ3) is 4.76. The maximum Gasteiger partial charge on any atom is 0.326 e. The van der Waals surface area contributed by atoms with Crippen LogP contribution < -0.4 is 10.6 Å². The van der Waals surface area contributed by atoms with Gasteiger partial charge in [-0.2, -0.15) is 0 Å². The zero-order valence-corrected chi connectivity index (χ0v) is 12.9. The fourth-order valence-corrected chi connectivity index (χ4v) is 2.95. The third-order valence-electron chi connectivity index (χ3n) is 4.31. The second-order valence-corrected chi connectivity index (χ2v) is 6.07. The monoisotopic (exact) mass is 304 g/mol. The molecule has 0 unspecified atom stereocenters. The van der Waals surface area contributed by atoms with Gasteiger partial charge in [-0.1, -0.05) is 50.1 Å². The number of rotatable bonds is 5. The Morgan fingerprint density at radius 2 is 1.91 bits per heavy atom. The van der Waals surface area contributed by atoms with Gasteiger partial charge in [-0.3, -0.25) is 0 Å². The highest BCUT2D eigenvalue weighted by Crippen LogP contribution is 2.23. The van der Waals surface area contributed by atoms with Crippen molar-refractivity contribution in [2.45, 2.75) is 51.1 Å². The van der Waals surface area contributed by atoms with Crippen LogP contribution in [0.5, 0.6) is 0 Å². The van der Waals surface area contributed by atoms with Crippen molar-refractivity contribution >= 4 is 12.0 Å². The van der Waals surface area contributed by atoms with Crippen LogP contribution in [0.1, 0.15) is 38.2 Å². The second kappa shape index (κ2) is 7.82. The van der Waals surface area contributed by atoms with Gasteiger partial charge in [0.25, 0.3) is 0 Å². The zero-order chi connectivity index (χ0) is 15.9. The normalized spacial score (nSPS) is 22.6. The molecule has 5 nitrogen and oxygen atoms in total. The van der Waals surface area contributed by atoms with Crippen LogP contribution in [0.3, 0.4) is 0 Å². The largest absolute Gasteiger partial charge is 0.480 e. The number of carboxylic acids is 1. The first-order chi connectivity index (χ1) is 10.6. The molecule has 3 N–H and O–H groups in total. The Bertz CT molecular complexity index is 504. The molecule has 1 saturated carbocycles. The molecule has 0 bridgehead atoms. The number of nitrogens with one attached hydrogen (secondary N) is 2. The molecule has 1 fully saturated rings.